The molecule has 2 heterocycles. The van der Waals surface area contributed by atoms with Crippen LogP contribution in [0.2, 0.25) is 5.02 Å². The molecule has 9 heteroatoms. The molecule has 0 unspecified atom stereocenters. The molecule has 3 N–H and O–H groups in total. The van der Waals surface area contributed by atoms with Crippen LogP contribution in [0.15, 0.2) is 32.8 Å². The number of H-pyrrole nitrogens is 1. The van der Waals surface area contributed by atoms with Gasteiger partial charge in [-0.25, -0.2) is 4.98 Å². The van der Waals surface area contributed by atoms with E-state index in [-0.39, 0.29) is 5.56 Å². The summed E-state index contributed by atoms with van der Waals surface area (Å²) in [6, 6.07) is 5.59. The van der Waals surface area contributed by atoms with E-state index in [0.717, 1.165) is 34.3 Å². The van der Waals surface area contributed by atoms with E-state index >= 15 is 0 Å². The van der Waals surface area contributed by atoms with Gasteiger partial charge < -0.3 is 15.4 Å². The van der Waals surface area contributed by atoms with Crippen molar-refractivity contribution in [1.29, 1.82) is 0 Å². The highest BCUT2D eigenvalue weighted by atomic mass is 79.9. The van der Waals surface area contributed by atoms with Crippen LogP contribution < -0.4 is 20.9 Å². The molecule has 3 aromatic rings. The summed E-state index contributed by atoms with van der Waals surface area (Å²) in [6.07, 6.45) is 0.872. The molecule has 3 rings (SSSR count). The molecule has 0 aliphatic heterocycles. The van der Waals surface area contributed by atoms with E-state index in [0.29, 0.717) is 35.4 Å². The van der Waals surface area contributed by atoms with Gasteiger partial charge in [0.25, 0.3) is 5.56 Å². The monoisotopic (exact) mass is 470 g/mol. The second kappa shape index (κ2) is 9.54. The first-order valence-corrected chi connectivity index (χ1v) is 10.7. The van der Waals surface area contributed by atoms with Crippen LogP contribution in [0.4, 0.5) is 5.95 Å². The lowest BCUT2D eigenvalue weighted by Gasteiger charge is -2.14. The third kappa shape index (κ3) is 5.22. The molecule has 0 amide bonds. The number of halogens is 2. The van der Waals surface area contributed by atoms with Crippen molar-refractivity contribution in [2.24, 2.45) is 0 Å². The SMILES string of the molecule is CCOc1c(Br)cc(Cl)cc1CNCCCNc1nc2ccsc2c(=O)[nH]1. The lowest BCUT2D eigenvalue weighted by molar-refractivity contribution is 0.333. The van der Waals surface area contributed by atoms with Gasteiger partial charge in [0.1, 0.15) is 10.4 Å². The highest BCUT2D eigenvalue weighted by molar-refractivity contribution is 9.10. The summed E-state index contributed by atoms with van der Waals surface area (Å²) in [6.45, 7) is 4.70. The average Bonchev–Trinajstić information content (AvgIpc) is 3.10. The largest absolute Gasteiger partial charge is 0.492 e. The van der Waals surface area contributed by atoms with E-state index in [1.165, 1.54) is 11.3 Å². The van der Waals surface area contributed by atoms with Gasteiger partial charge >= 0.3 is 0 Å². The maximum Gasteiger partial charge on any atom is 0.270 e. The quantitative estimate of drug-likeness (QED) is 0.403. The van der Waals surface area contributed by atoms with Gasteiger partial charge in [0.15, 0.2) is 0 Å². The molecular weight excluding hydrogens is 452 g/mol. The van der Waals surface area contributed by atoms with Gasteiger partial charge in [-0.1, -0.05) is 11.6 Å². The standard InChI is InChI=1S/C18H20BrClN4O2S/c1-2-26-15-11(8-12(20)9-13(15)19)10-21-5-3-6-22-18-23-14-4-7-27-16(14)17(25)24-18/h4,7-9,21H,2-3,5-6,10H2,1H3,(H2,22,23,24,25). The van der Waals surface area contributed by atoms with E-state index in [4.69, 9.17) is 16.3 Å². The Morgan fingerprint density at radius 1 is 1.37 bits per heavy atom. The highest BCUT2D eigenvalue weighted by Crippen LogP contribution is 2.32. The Morgan fingerprint density at radius 2 is 2.22 bits per heavy atom. The number of ether oxygens (including phenoxy) is 1. The fourth-order valence-electron chi connectivity index (χ4n) is 2.65. The molecule has 0 aliphatic carbocycles. The van der Waals surface area contributed by atoms with Crippen molar-refractivity contribution < 1.29 is 4.74 Å². The van der Waals surface area contributed by atoms with Crippen LogP contribution >= 0.6 is 38.9 Å². The fraction of sp³-hybridized carbons (Fsp3) is 0.333. The van der Waals surface area contributed by atoms with Gasteiger partial charge in [0.05, 0.1) is 16.6 Å². The zero-order chi connectivity index (χ0) is 19.2. The molecule has 0 bridgehead atoms. The molecule has 0 atom stereocenters. The summed E-state index contributed by atoms with van der Waals surface area (Å²) >= 11 is 11.0. The molecule has 0 aliphatic rings. The molecule has 1 aromatic carbocycles. The van der Waals surface area contributed by atoms with Crippen molar-refractivity contribution in [3.63, 3.8) is 0 Å². The fourth-order valence-corrected chi connectivity index (χ4v) is 4.36. The minimum atomic E-state index is -0.106. The zero-order valence-electron chi connectivity index (χ0n) is 14.8. The molecule has 144 valence electrons. The van der Waals surface area contributed by atoms with Crippen molar-refractivity contribution in [2.45, 2.75) is 19.9 Å². The Labute approximate surface area is 174 Å². The minimum absolute atomic E-state index is 0.106. The first-order valence-electron chi connectivity index (χ1n) is 8.61. The number of nitrogens with one attached hydrogen (secondary N) is 3. The van der Waals surface area contributed by atoms with Gasteiger partial charge in [0.2, 0.25) is 5.95 Å². The van der Waals surface area contributed by atoms with Crippen LogP contribution in [-0.4, -0.2) is 29.7 Å². The Hall–Kier alpha value is -1.61. The molecule has 0 fully saturated rings. The van der Waals surface area contributed by atoms with Crippen molar-refractivity contribution in [3.05, 3.63) is 49.0 Å². The number of rotatable bonds is 9. The summed E-state index contributed by atoms with van der Waals surface area (Å²) in [5, 5.41) is 9.08. The second-order valence-corrected chi connectivity index (χ2v) is 8.02. The number of hydrogen-bond donors (Lipinski definition) is 3. The Bertz CT molecular complexity index is 976. The lowest BCUT2D eigenvalue weighted by atomic mass is 10.2. The first kappa shape index (κ1) is 20.1. The number of aromatic nitrogens is 2. The van der Waals surface area contributed by atoms with Crippen molar-refractivity contribution >= 4 is 55.0 Å². The summed E-state index contributed by atoms with van der Waals surface area (Å²) in [7, 11) is 0. The van der Waals surface area contributed by atoms with Gasteiger partial charge in [-0.2, -0.15) is 0 Å². The number of hydrogen-bond acceptors (Lipinski definition) is 6. The summed E-state index contributed by atoms with van der Waals surface area (Å²) in [5.41, 5.74) is 1.63. The van der Waals surface area contributed by atoms with Crippen LogP contribution in [0.25, 0.3) is 10.2 Å². The van der Waals surface area contributed by atoms with Crippen LogP contribution in [0.5, 0.6) is 5.75 Å². The molecule has 0 radical (unpaired) electrons. The summed E-state index contributed by atoms with van der Waals surface area (Å²) in [5.74, 6) is 1.32. The number of nitrogens with zero attached hydrogens (tertiary/aromatic N) is 1. The average molecular weight is 472 g/mol. The van der Waals surface area contributed by atoms with Crippen LogP contribution in [0.1, 0.15) is 18.9 Å². The number of anilines is 1. The third-order valence-electron chi connectivity index (χ3n) is 3.83. The number of thiophene rings is 1. The van der Waals surface area contributed by atoms with Gasteiger partial charge in [-0.05, 0) is 59.4 Å². The topological polar surface area (TPSA) is 79.0 Å². The summed E-state index contributed by atoms with van der Waals surface area (Å²) < 4.78 is 7.21. The molecule has 6 nitrogen and oxygen atoms in total. The molecule has 0 saturated carbocycles. The summed E-state index contributed by atoms with van der Waals surface area (Å²) in [4.78, 5) is 19.1. The van der Waals surface area contributed by atoms with Gasteiger partial charge in [-0.3, -0.25) is 9.78 Å². The molecule has 27 heavy (non-hydrogen) atoms. The van der Waals surface area contributed by atoms with E-state index < -0.39 is 0 Å². The zero-order valence-corrected chi connectivity index (χ0v) is 17.9. The minimum Gasteiger partial charge on any atom is -0.492 e. The van der Waals surface area contributed by atoms with Crippen LogP contribution in [0, 0.1) is 0 Å². The third-order valence-corrected chi connectivity index (χ3v) is 5.54. The second-order valence-electron chi connectivity index (χ2n) is 5.82. The number of benzene rings is 1. The van der Waals surface area contributed by atoms with Crippen molar-refractivity contribution in [3.8, 4) is 5.75 Å². The first-order chi connectivity index (χ1) is 13.1. The molecule has 2 aromatic heterocycles. The predicted molar refractivity (Wildman–Crippen MR) is 115 cm³/mol. The van der Waals surface area contributed by atoms with Crippen LogP contribution in [0.3, 0.4) is 0 Å². The maximum absolute atomic E-state index is 11.9. The van der Waals surface area contributed by atoms with E-state index in [2.05, 4.69) is 36.5 Å². The molecular formula is C18H20BrClN4O2S. The predicted octanol–water partition coefficient (Wildman–Crippen LogP) is 4.39. The Morgan fingerprint density at radius 3 is 3.04 bits per heavy atom. The van der Waals surface area contributed by atoms with Crippen LogP contribution in [-0.2, 0) is 6.54 Å². The lowest BCUT2D eigenvalue weighted by Crippen LogP contribution is -2.19. The molecule has 0 saturated heterocycles. The maximum atomic E-state index is 11.9. The van der Waals surface area contributed by atoms with E-state index in [1.54, 1.807) is 0 Å². The molecule has 0 spiro atoms. The number of fused-ring (bicyclic) bond motifs is 1. The van der Waals surface area contributed by atoms with Crippen molar-refractivity contribution in [2.75, 3.05) is 25.0 Å². The van der Waals surface area contributed by atoms with E-state index in [1.807, 2.05) is 30.5 Å². The Balaban J connectivity index is 1.47. The van der Waals surface area contributed by atoms with Gasteiger partial charge in [0, 0.05) is 23.7 Å². The number of aromatic amines is 1. The van der Waals surface area contributed by atoms with Gasteiger partial charge in [-0.15, -0.1) is 11.3 Å². The smallest absolute Gasteiger partial charge is 0.270 e. The normalized spacial score (nSPS) is 11.1. The van der Waals surface area contributed by atoms with E-state index in [9.17, 15) is 4.79 Å². The van der Waals surface area contributed by atoms with Crippen molar-refractivity contribution in [1.82, 2.24) is 15.3 Å². The highest BCUT2D eigenvalue weighted by Gasteiger charge is 2.10. The Kier molecular flexibility index (Phi) is 7.12.